The van der Waals surface area contributed by atoms with Crippen molar-refractivity contribution in [1.82, 2.24) is 5.32 Å². The molecule has 0 spiro atoms. The summed E-state index contributed by atoms with van der Waals surface area (Å²) in [6.45, 7) is 9.20. The Hall–Kier alpha value is -1.01. The van der Waals surface area contributed by atoms with Gasteiger partial charge in [0.1, 0.15) is 0 Å². The van der Waals surface area contributed by atoms with Crippen LogP contribution in [0.25, 0.3) is 0 Å². The summed E-state index contributed by atoms with van der Waals surface area (Å²) in [4.78, 5) is 24.7. The predicted octanol–water partition coefficient (Wildman–Crippen LogP) is 3.70. The van der Waals surface area contributed by atoms with Gasteiger partial charge in [0.25, 0.3) is 5.91 Å². The minimum atomic E-state index is -0.793. The van der Waals surface area contributed by atoms with Crippen LogP contribution in [0.1, 0.15) is 33.3 Å². The Balaban J connectivity index is 2.47. The Labute approximate surface area is 144 Å². The first-order valence-electron chi connectivity index (χ1n) is 6.99. The van der Waals surface area contributed by atoms with E-state index in [-0.39, 0.29) is 17.2 Å². The number of esters is 1. The minimum absolute atomic E-state index is 0.176. The summed E-state index contributed by atoms with van der Waals surface area (Å²) in [5.41, 5.74) is 0.742. The Morgan fingerprint density at radius 3 is 2.55 bits per heavy atom. The topological polar surface area (TPSA) is 55.4 Å². The SMILES string of the molecule is Cc1cc(Br)ccc1SCC(=O)OC(C)C(=O)NC(C)(C)C. The van der Waals surface area contributed by atoms with Crippen LogP contribution in [-0.2, 0) is 14.3 Å². The average Bonchev–Trinajstić information content (AvgIpc) is 2.35. The summed E-state index contributed by atoms with van der Waals surface area (Å²) in [5.74, 6) is -0.509. The van der Waals surface area contributed by atoms with Gasteiger partial charge >= 0.3 is 5.97 Å². The number of carbonyl (C=O) groups excluding carboxylic acids is 2. The molecule has 0 radical (unpaired) electrons. The molecule has 122 valence electrons. The standard InChI is InChI=1S/C16H22BrNO3S/c1-10-8-12(17)6-7-13(10)22-9-14(19)21-11(2)15(20)18-16(3,4)5/h6-8,11H,9H2,1-5H3,(H,18,20). The smallest absolute Gasteiger partial charge is 0.317 e. The fourth-order valence-corrected chi connectivity index (χ4v) is 2.94. The number of carbonyl (C=O) groups is 2. The molecular weight excluding hydrogens is 366 g/mol. The molecule has 1 aromatic rings. The largest absolute Gasteiger partial charge is 0.452 e. The molecule has 1 rings (SSSR count). The number of hydrogen-bond acceptors (Lipinski definition) is 4. The van der Waals surface area contributed by atoms with Crippen LogP contribution in [-0.4, -0.2) is 29.3 Å². The quantitative estimate of drug-likeness (QED) is 0.618. The predicted molar refractivity (Wildman–Crippen MR) is 93.1 cm³/mol. The zero-order chi connectivity index (χ0) is 16.9. The summed E-state index contributed by atoms with van der Waals surface area (Å²) < 4.78 is 6.17. The van der Waals surface area contributed by atoms with Crippen LogP contribution < -0.4 is 5.32 Å². The van der Waals surface area contributed by atoms with Gasteiger partial charge in [0.2, 0.25) is 0 Å². The monoisotopic (exact) mass is 387 g/mol. The van der Waals surface area contributed by atoms with E-state index in [1.165, 1.54) is 11.8 Å². The maximum absolute atomic E-state index is 11.9. The van der Waals surface area contributed by atoms with Gasteiger partial charge < -0.3 is 10.1 Å². The highest BCUT2D eigenvalue weighted by molar-refractivity contribution is 9.10. The molecule has 4 nitrogen and oxygen atoms in total. The Morgan fingerprint density at radius 1 is 1.36 bits per heavy atom. The van der Waals surface area contributed by atoms with Crippen molar-refractivity contribution in [2.45, 2.75) is 51.2 Å². The lowest BCUT2D eigenvalue weighted by Gasteiger charge is -2.23. The van der Waals surface area contributed by atoms with Gasteiger partial charge in [-0.2, -0.15) is 0 Å². The van der Waals surface area contributed by atoms with Crippen molar-refractivity contribution >= 4 is 39.6 Å². The fourth-order valence-electron chi connectivity index (χ4n) is 1.67. The van der Waals surface area contributed by atoms with E-state index in [9.17, 15) is 9.59 Å². The summed E-state index contributed by atoms with van der Waals surface area (Å²) >= 11 is 4.81. The van der Waals surface area contributed by atoms with Crippen molar-refractivity contribution in [3.05, 3.63) is 28.2 Å². The van der Waals surface area contributed by atoms with Crippen molar-refractivity contribution in [3.8, 4) is 0 Å². The second kappa shape index (κ2) is 8.02. The summed E-state index contributed by atoms with van der Waals surface area (Å²) in [7, 11) is 0. The minimum Gasteiger partial charge on any atom is -0.452 e. The highest BCUT2D eigenvalue weighted by Crippen LogP contribution is 2.25. The van der Waals surface area contributed by atoms with E-state index < -0.39 is 12.1 Å². The summed E-state index contributed by atoms with van der Waals surface area (Å²) in [5, 5.41) is 2.79. The first-order valence-corrected chi connectivity index (χ1v) is 8.77. The van der Waals surface area contributed by atoms with E-state index in [4.69, 9.17) is 4.74 Å². The molecule has 6 heteroatoms. The maximum atomic E-state index is 11.9. The lowest BCUT2D eigenvalue weighted by Crippen LogP contribution is -2.46. The third-order valence-corrected chi connectivity index (χ3v) is 4.30. The molecule has 0 aromatic heterocycles. The van der Waals surface area contributed by atoms with E-state index in [1.807, 2.05) is 45.9 Å². The van der Waals surface area contributed by atoms with Crippen LogP contribution in [0.4, 0.5) is 0 Å². The molecule has 0 aliphatic rings. The van der Waals surface area contributed by atoms with Crippen molar-refractivity contribution in [3.63, 3.8) is 0 Å². The molecule has 1 amide bonds. The molecule has 0 fully saturated rings. The third kappa shape index (κ3) is 6.83. The molecule has 0 heterocycles. The normalized spacial score (nSPS) is 12.6. The van der Waals surface area contributed by atoms with Gasteiger partial charge in [-0.1, -0.05) is 15.9 Å². The third-order valence-electron chi connectivity index (χ3n) is 2.66. The second-order valence-electron chi connectivity index (χ2n) is 6.07. The Bertz CT molecular complexity index is 555. The zero-order valence-corrected chi connectivity index (χ0v) is 15.9. The highest BCUT2D eigenvalue weighted by Gasteiger charge is 2.22. The Morgan fingerprint density at radius 2 is 2.00 bits per heavy atom. The number of hydrogen-bond donors (Lipinski definition) is 1. The van der Waals surface area contributed by atoms with Crippen LogP contribution >= 0.6 is 27.7 Å². The molecule has 1 aromatic carbocycles. The molecule has 0 aliphatic carbocycles. The Kier molecular flexibility index (Phi) is 6.94. The number of aryl methyl sites for hydroxylation is 1. The molecule has 1 N–H and O–H groups in total. The van der Waals surface area contributed by atoms with Crippen LogP contribution in [0.15, 0.2) is 27.6 Å². The lowest BCUT2D eigenvalue weighted by atomic mass is 10.1. The fraction of sp³-hybridized carbons (Fsp3) is 0.500. The number of amides is 1. The maximum Gasteiger partial charge on any atom is 0.317 e. The van der Waals surface area contributed by atoms with Crippen LogP contribution in [0.5, 0.6) is 0 Å². The number of halogens is 1. The molecule has 0 saturated heterocycles. The molecule has 22 heavy (non-hydrogen) atoms. The summed E-state index contributed by atoms with van der Waals surface area (Å²) in [6, 6.07) is 5.88. The van der Waals surface area contributed by atoms with E-state index in [1.54, 1.807) is 6.92 Å². The summed E-state index contributed by atoms with van der Waals surface area (Å²) in [6.07, 6.45) is -0.793. The van der Waals surface area contributed by atoms with E-state index in [2.05, 4.69) is 21.2 Å². The van der Waals surface area contributed by atoms with Crippen molar-refractivity contribution in [2.75, 3.05) is 5.75 Å². The second-order valence-corrected chi connectivity index (χ2v) is 8.00. The number of thioether (sulfide) groups is 1. The van der Waals surface area contributed by atoms with Gasteiger partial charge in [-0.25, -0.2) is 0 Å². The molecule has 1 atom stereocenters. The molecule has 0 bridgehead atoms. The van der Waals surface area contributed by atoms with E-state index >= 15 is 0 Å². The van der Waals surface area contributed by atoms with Gasteiger partial charge in [0.15, 0.2) is 6.10 Å². The lowest BCUT2D eigenvalue weighted by molar-refractivity contribution is -0.152. The van der Waals surface area contributed by atoms with Gasteiger partial charge in [-0.15, -0.1) is 11.8 Å². The van der Waals surface area contributed by atoms with Crippen molar-refractivity contribution in [1.29, 1.82) is 0 Å². The zero-order valence-electron chi connectivity index (χ0n) is 13.5. The van der Waals surface area contributed by atoms with Gasteiger partial charge in [0.05, 0.1) is 5.75 Å². The molecule has 1 unspecified atom stereocenters. The van der Waals surface area contributed by atoms with Gasteiger partial charge in [-0.05, 0) is 58.4 Å². The number of benzene rings is 1. The van der Waals surface area contributed by atoms with Gasteiger partial charge in [-0.3, -0.25) is 9.59 Å². The van der Waals surface area contributed by atoms with Crippen LogP contribution in [0.2, 0.25) is 0 Å². The van der Waals surface area contributed by atoms with Crippen LogP contribution in [0, 0.1) is 6.92 Å². The van der Waals surface area contributed by atoms with Crippen LogP contribution in [0.3, 0.4) is 0 Å². The molecular formula is C16H22BrNO3S. The highest BCUT2D eigenvalue weighted by atomic mass is 79.9. The number of nitrogens with one attached hydrogen (secondary N) is 1. The molecule has 0 aliphatic heterocycles. The molecule has 0 saturated carbocycles. The van der Waals surface area contributed by atoms with Gasteiger partial charge in [0, 0.05) is 14.9 Å². The number of ether oxygens (including phenoxy) is 1. The van der Waals surface area contributed by atoms with E-state index in [0.717, 1.165) is 14.9 Å². The van der Waals surface area contributed by atoms with Crippen molar-refractivity contribution in [2.24, 2.45) is 0 Å². The van der Waals surface area contributed by atoms with E-state index in [0.29, 0.717) is 0 Å². The van der Waals surface area contributed by atoms with Crippen molar-refractivity contribution < 1.29 is 14.3 Å². The number of rotatable bonds is 5. The first kappa shape index (κ1) is 19.0. The first-order chi connectivity index (χ1) is 10.1. The average molecular weight is 388 g/mol.